The molecule has 2 aliphatic rings. The van der Waals surface area contributed by atoms with Crippen molar-refractivity contribution >= 4 is 11.6 Å². The molecule has 0 unspecified atom stereocenters. The Hall–Kier alpha value is -0.830. The fourth-order valence-electron chi connectivity index (χ4n) is 2.39. The van der Waals surface area contributed by atoms with Gasteiger partial charge in [-0.3, -0.25) is 0 Å². The monoisotopic (exact) mass is 252 g/mol. The molecule has 92 valence electrons. The molecule has 0 spiro atoms. The second-order valence-corrected chi connectivity index (χ2v) is 5.51. The molecule has 0 N–H and O–H groups in total. The van der Waals surface area contributed by atoms with Gasteiger partial charge in [0.2, 0.25) is 5.88 Å². The summed E-state index contributed by atoms with van der Waals surface area (Å²) in [6.07, 6.45) is 7.62. The van der Waals surface area contributed by atoms with E-state index in [1.807, 2.05) is 0 Å². The van der Waals surface area contributed by atoms with Gasteiger partial charge in [0.15, 0.2) is 0 Å². The Bertz CT molecular complexity index is 400. The van der Waals surface area contributed by atoms with E-state index in [0.29, 0.717) is 22.9 Å². The highest BCUT2D eigenvalue weighted by molar-refractivity contribution is 6.29. The van der Waals surface area contributed by atoms with Crippen LogP contribution in [0.15, 0.2) is 6.07 Å². The van der Waals surface area contributed by atoms with Crippen LogP contribution in [0.2, 0.25) is 5.15 Å². The number of hydrogen-bond donors (Lipinski definition) is 0. The van der Waals surface area contributed by atoms with Crippen LogP contribution >= 0.6 is 11.6 Å². The third-order valence-electron chi connectivity index (χ3n) is 3.57. The maximum absolute atomic E-state index is 5.99. The van der Waals surface area contributed by atoms with E-state index in [2.05, 4.69) is 9.97 Å². The zero-order valence-corrected chi connectivity index (χ0v) is 10.6. The highest BCUT2D eigenvalue weighted by Crippen LogP contribution is 2.39. The lowest BCUT2D eigenvalue weighted by atomic mass is 10.1. The van der Waals surface area contributed by atoms with Crippen LogP contribution in [0.3, 0.4) is 0 Å². The maximum Gasteiger partial charge on any atom is 0.218 e. The van der Waals surface area contributed by atoms with E-state index in [-0.39, 0.29) is 0 Å². The van der Waals surface area contributed by atoms with Gasteiger partial charge in [-0.15, -0.1) is 0 Å². The smallest absolute Gasteiger partial charge is 0.218 e. The van der Waals surface area contributed by atoms with E-state index >= 15 is 0 Å². The van der Waals surface area contributed by atoms with Crippen molar-refractivity contribution in [3.05, 3.63) is 17.0 Å². The van der Waals surface area contributed by atoms with Crippen molar-refractivity contribution in [3.8, 4) is 5.88 Å². The van der Waals surface area contributed by atoms with Crippen LogP contribution in [0.25, 0.3) is 0 Å². The Morgan fingerprint density at radius 3 is 2.65 bits per heavy atom. The van der Waals surface area contributed by atoms with Crippen molar-refractivity contribution < 1.29 is 4.74 Å². The first-order valence-corrected chi connectivity index (χ1v) is 6.86. The largest absolute Gasteiger partial charge is 0.477 e. The molecule has 2 saturated carbocycles. The van der Waals surface area contributed by atoms with Crippen LogP contribution in [-0.2, 0) is 0 Å². The minimum Gasteiger partial charge on any atom is -0.477 e. The Kier molecular flexibility index (Phi) is 3.19. The van der Waals surface area contributed by atoms with Crippen molar-refractivity contribution in [1.29, 1.82) is 0 Å². The van der Waals surface area contributed by atoms with Gasteiger partial charge in [-0.2, -0.15) is 4.98 Å². The van der Waals surface area contributed by atoms with E-state index in [9.17, 15) is 0 Å². The number of nitrogens with zero attached hydrogens (tertiary/aromatic N) is 2. The van der Waals surface area contributed by atoms with Crippen LogP contribution < -0.4 is 4.74 Å². The molecule has 3 rings (SSSR count). The molecule has 0 saturated heterocycles. The molecule has 0 amide bonds. The number of hydrogen-bond acceptors (Lipinski definition) is 3. The summed E-state index contributed by atoms with van der Waals surface area (Å²) in [6, 6.07) is 1.72. The van der Waals surface area contributed by atoms with E-state index < -0.39 is 0 Å². The second-order valence-electron chi connectivity index (χ2n) is 5.12. The topological polar surface area (TPSA) is 35.0 Å². The predicted molar refractivity (Wildman–Crippen MR) is 66.5 cm³/mol. The number of halogens is 1. The summed E-state index contributed by atoms with van der Waals surface area (Å²) in [7, 11) is 0. The Balaban J connectivity index is 1.64. The lowest BCUT2D eigenvalue weighted by molar-refractivity contribution is 0.242. The van der Waals surface area contributed by atoms with Gasteiger partial charge in [-0.1, -0.05) is 24.4 Å². The van der Waals surface area contributed by atoms with Gasteiger partial charge < -0.3 is 4.74 Å². The van der Waals surface area contributed by atoms with E-state index in [1.54, 1.807) is 6.07 Å². The number of rotatable bonds is 4. The molecule has 1 heterocycles. The number of ether oxygens (including phenoxy) is 1. The van der Waals surface area contributed by atoms with Gasteiger partial charge in [-0.05, 0) is 31.6 Å². The molecule has 17 heavy (non-hydrogen) atoms. The summed E-state index contributed by atoms with van der Waals surface area (Å²) >= 11 is 5.99. The van der Waals surface area contributed by atoms with Gasteiger partial charge in [0.25, 0.3) is 0 Å². The van der Waals surface area contributed by atoms with Crippen LogP contribution in [-0.4, -0.2) is 16.6 Å². The third-order valence-corrected chi connectivity index (χ3v) is 3.77. The second kappa shape index (κ2) is 4.81. The molecule has 1 aromatic heterocycles. The lowest BCUT2D eigenvalue weighted by Crippen LogP contribution is -2.09. The summed E-state index contributed by atoms with van der Waals surface area (Å²) in [5.41, 5.74) is 0. The van der Waals surface area contributed by atoms with Crippen molar-refractivity contribution in [1.82, 2.24) is 9.97 Å². The first kappa shape index (κ1) is 11.3. The molecule has 0 bridgehead atoms. The quantitative estimate of drug-likeness (QED) is 0.769. The van der Waals surface area contributed by atoms with Gasteiger partial charge >= 0.3 is 0 Å². The van der Waals surface area contributed by atoms with Crippen LogP contribution in [0.5, 0.6) is 5.88 Å². The van der Waals surface area contributed by atoms with E-state index in [0.717, 1.165) is 12.4 Å². The van der Waals surface area contributed by atoms with Crippen LogP contribution in [0, 0.1) is 5.92 Å². The van der Waals surface area contributed by atoms with Crippen molar-refractivity contribution in [2.24, 2.45) is 5.92 Å². The molecule has 1 aromatic rings. The Morgan fingerprint density at radius 2 is 1.94 bits per heavy atom. The first-order chi connectivity index (χ1) is 8.31. The molecule has 0 aliphatic heterocycles. The molecule has 2 aliphatic carbocycles. The lowest BCUT2D eigenvalue weighted by Gasteiger charge is -2.11. The van der Waals surface area contributed by atoms with Crippen molar-refractivity contribution in [3.63, 3.8) is 0 Å². The minimum absolute atomic E-state index is 0.503. The Morgan fingerprint density at radius 1 is 1.18 bits per heavy atom. The SMILES string of the molecule is Clc1cc(OCC2CCCC2)nc(C2CC2)n1. The maximum atomic E-state index is 5.99. The first-order valence-electron chi connectivity index (χ1n) is 6.48. The molecule has 4 heteroatoms. The third kappa shape index (κ3) is 2.89. The Labute approximate surface area is 107 Å². The highest BCUT2D eigenvalue weighted by Gasteiger charge is 2.27. The standard InChI is InChI=1S/C13H17ClN2O/c14-11-7-12(16-13(15-11)10-5-6-10)17-8-9-3-1-2-4-9/h7,9-10H,1-6,8H2. The average molecular weight is 253 g/mol. The molecule has 0 aromatic carbocycles. The molecular weight excluding hydrogens is 236 g/mol. The van der Waals surface area contributed by atoms with E-state index in [1.165, 1.54) is 38.5 Å². The highest BCUT2D eigenvalue weighted by atomic mass is 35.5. The molecule has 3 nitrogen and oxygen atoms in total. The van der Waals surface area contributed by atoms with E-state index in [4.69, 9.17) is 16.3 Å². The molecular formula is C13H17ClN2O. The average Bonchev–Trinajstić information content (AvgIpc) is 3.04. The normalized spacial score (nSPS) is 20.8. The zero-order valence-electron chi connectivity index (χ0n) is 9.86. The fourth-order valence-corrected chi connectivity index (χ4v) is 2.57. The summed E-state index contributed by atoms with van der Waals surface area (Å²) in [5.74, 6) is 2.73. The van der Waals surface area contributed by atoms with Gasteiger partial charge in [0, 0.05) is 12.0 Å². The number of aromatic nitrogens is 2. The summed E-state index contributed by atoms with van der Waals surface area (Å²) in [6.45, 7) is 0.775. The van der Waals surface area contributed by atoms with Crippen LogP contribution in [0.1, 0.15) is 50.3 Å². The zero-order chi connectivity index (χ0) is 11.7. The van der Waals surface area contributed by atoms with Gasteiger partial charge in [0.1, 0.15) is 11.0 Å². The molecule has 2 fully saturated rings. The summed E-state index contributed by atoms with van der Waals surface area (Å²) in [4.78, 5) is 8.69. The molecule has 0 atom stereocenters. The minimum atomic E-state index is 0.503. The molecule has 0 radical (unpaired) electrons. The predicted octanol–water partition coefficient (Wildman–Crippen LogP) is 3.58. The summed E-state index contributed by atoms with van der Waals surface area (Å²) < 4.78 is 5.75. The fraction of sp³-hybridized carbons (Fsp3) is 0.692. The van der Waals surface area contributed by atoms with Crippen LogP contribution in [0.4, 0.5) is 0 Å². The van der Waals surface area contributed by atoms with Gasteiger partial charge in [-0.25, -0.2) is 4.98 Å². The van der Waals surface area contributed by atoms with Crippen molar-refractivity contribution in [2.75, 3.05) is 6.61 Å². The van der Waals surface area contributed by atoms with Gasteiger partial charge in [0.05, 0.1) is 6.61 Å². The summed E-state index contributed by atoms with van der Waals surface area (Å²) in [5, 5.41) is 0.503. The van der Waals surface area contributed by atoms with Crippen molar-refractivity contribution in [2.45, 2.75) is 44.4 Å².